The third kappa shape index (κ3) is 3.01. The molecule has 1 atom stereocenters. The van der Waals surface area contributed by atoms with E-state index in [0.717, 1.165) is 5.75 Å². The van der Waals surface area contributed by atoms with Gasteiger partial charge in [-0.25, -0.2) is 13.2 Å². The van der Waals surface area contributed by atoms with Crippen molar-refractivity contribution in [2.24, 2.45) is 0 Å². The Balaban J connectivity index is 2.40. The number of thioether (sulfide) groups is 1. The van der Waals surface area contributed by atoms with Gasteiger partial charge in [-0.15, -0.1) is 0 Å². The van der Waals surface area contributed by atoms with Crippen molar-refractivity contribution in [2.75, 3.05) is 34.9 Å². The Hall–Kier alpha value is -1.41. The first-order chi connectivity index (χ1) is 9.30. The second-order valence-corrected chi connectivity index (χ2v) is 7.98. The van der Waals surface area contributed by atoms with Crippen molar-refractivity contribution in [3.63, 3.8) is 0 Å². The highest BCUT2D eigenvalue weighted by atomic mass is 32.2. The third-order valence-corrected chi connectivity index (χ3v) is 5.81. The maximum atomic E-state index is 11.9. The van der Waals surface area contributed by atoms with Crippen LogP contribution in [0.15, 0.2) is 18.2 Å². The summed E-state index contributed by atoms with van der Waals surface area (Å²) in [5.41, 5.74) is 6.84. The molecule has 1 saturated heterocycles. The predicted molar refractivity (Wildman–Crippen MR) is 81.1 cm³/mol. The number of anilines is 2. The highest BCUT2D eigenvalue weighted by Crippen LogP contribution is 2.31. The lowest BCUT2D eigenvalue weighted by Crippen LogP contribution is -2.47. The van der Waals surface area contributed by atoms with Crippen LogP contribution in [0.2, 0.25) is 0 Å². The zero-order chi connectivity index (χ0) is 14.9. The molecule has 0 bridgehead atoms. The van der Waals surface area contributed by atoms with Gasteiger partial charge in [0, 0.05) is 24.3 Å². The lowest BCUT2D eigenvalue weighted by molar-refractivity contribution is 0.0697. The smallest absolute Gasteiger partial charge is 0.335 e. The molecule has 0 saturated carbocycles. The van der Waals surface area contributed by atoms with Crippen molar-refractivity contribution in [2.45, 2.75) is 5.37 Å². The number of nitrogens with two attached hydrogens (primary N) is 1. The monoisotopic (exact) mass is 316 g/mol. The lowest BCUT2D eigenvalue weighted by Gasteiger charge is -2.36. The summed E-state index contributed by atoms with van der Waals surface area (Å²) < 4.78 is 23.7. The number of hydrogen-bond acceptors (Lipinski definition) is 6. The molecule has 1 aliphatic heterocycles. The van der Waals surface area contributed by atoms with Gasteiger partial charge in [0.2, 0.25) is 0 Å². The number of aromatic carboxylic acids is 1. The first-order valence-corrected chi connectivity index (χ1v) is 9.07. The van der Waals surface area contributed by atoms with E-state index >= 15 is 0 Å². The first-order valence-electron chi connectivity index (χ1n) is 5.97. The lowest BCUT2D eigenvalue weighted by atomic mass is 10.1. The number of nitrogens with zero attached hydrogens (tertiary/aromatic N) is 1. The summed E-state index contributed by atoms with van der Waals surface area (Å²) in [7, 11) is -3.23. The molecule has 110 valence electrons. The number of hydrogen-bond donors (Lipinski definition) is 2. The number of carboxylic acid groups (broad SMARTS) is 1. The highest BCUT2D eigenvalue weighted by Gasteiger charge is 2.32. The van der Waals surface area contributed by atoms with Crippen molar-refractivity contribution in [1.29, 1.82) is 0 Å². The van der Waals surface area contributed by atoms with E-state index < -0.39 is 21.2 Å². The average molecular weight is 316 g/mol. The van der Waals surface area contributed by atoms with Crippen LogP contribution in [-0.2, 0) is 9.84 Å². The second kappa shape index (κ2) is 5.53. The summed E-state index contributed by atoms with van der Waals surface area (Å²) in [6.07, 6.45) is 1.21. The first kappa shape index (κ1) is 15.0. The molecule has 1 aromatic rings. The fourth-order valence-corrected chi connectivity index (χ4v) is 4.99. The number of carbonyl (C=O) groups is 1. The number of sulfone groups is 1. The summed E-state index contributed by atoms with van der Waals surface area (Å²) in [6, 6.07) is 4.38. The Kier molecular flexibility index (Phi) is 4.14. The highest BCUT2D eigenvalue weighted by molar-refractivity contribution is 8.01. The molecule has 8 heteroatoms. The van der Waals surface area contributed by atoms with Crippen LogP contribution in [0.1, 0.15) is 10.4 Å². The van der Waals surface area contributed by atoms with Gasteiger partial charge in [-0.2, -0.15) is 11.8 Å². The van der Waals surface area contributed by atoms with E-state index in [1.54, 1.807) is 22.7 Å². The molecule has 0 aromatic heterocycles. The molecule has 1 heterocycles. The van der Waals surface area contributed by atoms with Gasteiger partial charge in [0.25, 0.3) is 0 Å². The van der Waals surface area contributed by atoms with Crippen molar-refractivity contribution in [1.82, 2.24) is 0 Å². The Bertz CT molecular complexity index is 630. The van der Waals surface area contributed by atoms with E-state index in [1.807, 2.05) is 0 Å². The predicted octanol–water partition coefficient (Wildman–Crippen LogP) is 0.891. The van der Waals surface area contributed by atoms with Crippen molar-refractivity contribution in [3.05, 3.63) is 23.8 Å². The van der Waals surface area contributed by atoms with E-state index in [2.05, 4.69) is 0 Å². The molecule has 20 heavy (non-hydrogen) atoms. The zero-order valence-electron chi connectivity index (χ0n) is 10.9. The van der Waals surface area contributed by atoms with Gasteiger partial charge in [-0.1, -0.05) is 0 Å². The van der Waals surface area contributed by atoms with Crippen molar-refractivity contribution in [3.8, 4) is 0 Å². The Morgan fingerprint density at radius 2 is 2.20 bits per heavy atom. The molecule has 1 aromatic carbocycles. The molecule has 1 fully saturated rings. The third-order valence-electron chi connectivity index (χ3n) is 3.16. The fraction of sp³-hybridized carbons (Fsp3) is 0.417. The molecule has 6 nitrogen and oxygen atoms in total. The van der Waals surface area contributed by atoms with E-state index in [1.165, 1.54) is 18.4 Å². The minimum Gasteiger partial charge on any atom is -0.478 e. The van der Waals surface area contributed by atoms with Gasteiger partial charge >= 0.3 is 5.97 Å². The summed E-state index contributed by atoms with van der Waals surface area (Å²) in [5, 5.41) is 8.30. The van der Waals surface area contributed by atoms with Crippen molar-refractivity contribution >= 4 is 38.9 Å². The van der Waals surface area contributed by atoms with Gasteiger partial charge < -0.3 is 15.7 Å². The zero-order valence-corrected chi connectivity index (χ0v) is 12.6. The number of rotatable bonds is 3. The molecule has 0 spiro atoms. The molecule has 0 aliphatic carbocycles. The van der Waals surface area contributed by atoms with E-state index in [0.29, 0.717) is 18.0 Å². The van der Waals surface area contributed by atoms with Gasteiger partial charge in [-0.3, -0.25) is 0 Å². The minimum atomic E-state index is -3.23. The minimum absolute atomic E-state index is 0.0912. The van der Waals surface area contributed by atoms with Gasteiger partial charge in [0.1, 0.15) is 5.37 Å². The summed E-state index contributed by atoms with van der Waals surface area (Å²) in [6.45, 7) is 0.568. The van der Waals surface area contributed by atoms with Gasteiger partial charge in [0.15, 0.2) is 9.84 Å². The molecule has 1 unspecified atom stereocenters. The average Bonchev–Trinajstić information content (AvgIpc) is 2.37. The summed E-state index contributed by atoms with van der Waals surface area (Å²) in [5.74, 6) is 0.238. The molecular formula is C12H16N2O4S2. The van der Waals surface area contributed by atoms with Crippen LogP contribution in [-0.4, -0.2) is 49.2 Å². The Labute approximate surface area is 121 Å². The maximum absolute atomic E-state index is 11.9. The quantitative estimate of drug-likeness (QED) is 0.799. The second-order valence-electron chi connectivity index (χ2n) is 4.63. The SMILES string of the molecule is CS(=O)(=O)C1CSCCN1c1ccc(C(=O)O)cc1N. The fourth-order valence-electron chi connectivity index (χ4n) is 2.16. The molecule has 0 radical (unpaired) electrons. The molecule has 0 amide bonds. The Morgan fingerprint density at radius 1 is 1.50 bits per heavy atom. The number of carboxylic acids is 1. The Morgan fingerprint density at radius 3 is 2.75 bits per heavy atom. The molecule has 2 rings (SSSR count). The summed E-state index contributed by atoms with van der Waals surface area (Å²) in [4.78, 5) is 12.6. The van der Waals surface area contributed by atoms with Crippen LogP contribution in [0.5, 0.6) is 0 Å². The van der Waals surface area contributed by atoms with Crippen LogP contribution in [0.25, 0.3) is 0 Å². The largest absolute Gasteiger partial charge is 0.478 e. The molecule has 1 aliphatic rings. The topological polar surface area (TPSA) is 101 Å². The van der Waals surface area contributed by atoms with E-state index in [-0.39, 0.29) is 11.3 Å². The summed E-state index contributed by atoms with van der Waals surface area (Å²) >= 11 is 1.59. The van der Waals surface area contributed by atoms with E-state index in [9.17, 15) is 13.2 Å². The van der Waals surface area contributed by atoms with Crippen molar-refractivity contribution < 1.29 is 18.3 Å². The van der Waals surface area contributed by atoms with Gasteiger partial charge in [0.05, 0.1) is 16.9 Å². The van der Waals surface area contributed by atoms with Crippen LogP contribution >= 0.6 is 11.8 Å². The normalized spacial score (nSPS) is 19.9. The van der Waals surface area contributed by atoms with Gasteiger partial charge in [-0.05, 0) is 18.2 Å². The van der Waals surface area contributed by atoms with E-state index in [4.69, 9.17) is 10.8 Å². The van der Waals surface area contributed by atoms with Crippen LogP contribution in [0.4, 0.5) is 11.4 Å². The molecule has 3 N–H and O–H groups in total. The standard InChI is InChI=1S/C12H16N2O4S2/c1-20(17,18)11-7-19-5-4-14(11)10-3-2-8(12(15)16)6-9(10)13/h2-3,6,11H,4-5,7,13H2,1H3,(H,15,16). The van der Waals surface area contributed by atoms with Crippen LogP contribution in [0.3, 0.4) is 0 Å². The maximum Gasteiger partial charge on any atom is 0.335 e. The molecular weight excluding hydrogens is 300 g/mol. The number of nitrogen functional groups attached to an aromatic ring is 1. The van der Waals surface area contributed by atoms with Crippen LogP contribution < -0.4 is 10.6 Å². The number of benzene rings is 1. The van der Waals surface area contributed by atoms with Crippen LogP contribution in [0, 0.1) is 0 Å².